The highest BCUT2D eigenvalue weighted by Gasteiger charge is 2.33. The van der Waals surface area contributed by atoms with Crippen molar-refractivity contribution in [3.63, 3.8) is 0 Å². The molecule has 2 N–H and O–H groups in total. The summed E-state index contributed by atoms with van der Waals surface area (Å²) in [4.78, 5) is 0. The molecule has 0 heterocycles. The Kier molecular flexibility index (Phi) is 4.19. The van der Waals surface area contributed by atoms with Crippen molar-refractivity contribution in [1.29, 1.82) is 0 Å². The second-order valence-electron chi connectivity index (χ2n) is 6.40. The molecule has 1 aliphatic rings. The van der Waals surface area contributed by atoms with E-state index in [2.05, 4.69) is 39.9 Å². The average Bonchev–Trinajstić information content (AvgIpc) is 2.85. The second-order valence-corrected chi connectivity index (χ2v) is 6.40. The Morgan fingerprint density at radius 2 is 1.80 bits per heavy atom. The van der Waals surface area contributed by atoms with E-state index in [1.165, 1.54) is 12.8 Å². The fraction of sp³-hybridized carbons (Fsp3) is 1.00. The van der Waals surface area contributed by atoms with Crippen molar-refractivity contribution in [3.8, 4) is 0 Å². The Bertz CT molecular complexity index is 189. The molecule has 0 spiro atoms. The van der Waals surface area contributed by atoms with Crippen LogP contribution < -0.4 is 5.32 Å². The topological polar surface area (TPSA) is 32.3 Å². The van der Waals surface area contributed by atoms with Gasteiger partial charge in [0.15, 0.2) is 0 Å². The molecule has 15 heavy (non-hydrogen) atoms. The van der Waals surface area contributed by atoms with E-state index in [0.29, 0.717) is 12.0 Å². The predicted octanol–water partition coefficient (Wildman–Crippen LogP) is 2.42. The quantitative estimate of drug-likeness (QED) is 0.735. The first-order chi connectivity index (χ1) is 6.82. The van der Waals surface area contributed by atoms with Gasteiger partial charge in [0, 0.05) is 12.6 Å². The molecule has 1 fully saturated rings. The third-order valence-corrected chi connectivity index (χ3v) is 3.39. The van der Waals surface area contributed by atoms with Crippen LogP contribution in [0.5, 0.6) is 0 Å². The monoisotopic (exact) mass is 213 g/mol. The summed E-state index contributed by atoms with van der Waals surface area (Å²) in [7, 11) is 0. The molecule has 0 aliphatic heterocycles. The lowest BCUT2D eigenvalue weighted by Gasteiger charge is -2.29. The maximum atomic E-state index is 9.96. The number of aliphatic hydroxyl groups excluding tert-OH is 1. The zero-order chi connectivity index (χ0) is 11.6. The van der Waals surface area contributed by atoms with Crippen LogP contribution in [0, 0.1) is 17.3 Å². The molecule has 2 heteroatoms. The molecule has 0 radical (unpaired) electrons. The van der Waals surface area contributed by atoms with Crippen LogP contribution in [0.4, 0.5) is 0 Å². The summed E-state index contributed by atoms with van der Waals surface area (Å²) in [6.45, 7) is 11.5. The van der Waals surface area contributed by atoms with Gasteiger partial charge in [-0.2, -0.15) is 0 Å². The van der Waals surface area contributed by atoms with E-state index in [0.717, 1.165) is 12.5 Å². The van der Waals surface area contributed by atoms with Gasteiger partial charge in [-0.15, -0.1) is 0 Å². The van der Waals surface area contributed by atoms with Crippen molar-refractivity contribution in [3.05, 3.63) is 0 Å². The fourth-order valence-electron chi connectivity index (χ4n) is 1.96. The van der Waals surface area contributed by atoms with E-state index in [-0.39, 0.29) is 11.5 Å². The fourth-order valence-corrected chi connectivity index (χ4v) is 1.96. The van der Waals surface area contributed by atoms with Gasteiger partial charge in [-0.25, -0.2) is 0 Å². The van der Waals surface area contributed by atoms with Gasteiger partial charge in [-0.05, 0) is 30.1 Å². The van der Waals surface area contributed by atoms with Crippen LogP contribution in [-0.4, -0.2) is 23.8 Å². The Labute approximate surface area is 94.5 Å². The Hall–Kier alpha value is -0.0800. The van der Waals surface area contributed by atoms with Crippen LogP contribution in [0.25, 0.3) is 0 Å². The molecule has 0 bridgehead atoms. The minimum Gasteiger partial charge on any atom is -0.391 e. The van der Waals surface area contributed by atoms with E-state index in [9.17, 15) is 5.11 Å². The van der Waals surface area contributed by atoms with Crippen LogP contribution in [0.1, 0.15) is 47.5 Å². The zero-order valence-corrected chi connectivity index (χ0v) is 10.9. The molecule has 1 aliphatic carbocycles. The van der Waals surface area contributed by atoms with Crippen LogP contribution in [0.15, 0.2) is 0 Å². The van der Waals surface area contributed by atoms with Crippen molar-refractivity contribution in [2.75, 3.05) is 6.54 Å². The van der Waals surface area contributed by atoms with Crippen molar-refractivity contribution in [2.45, 2.75) is 59.6 Å². The number of hydrogen-bond acceptors (Lipinski definition) is 2. The summed E-state index contributed by atoms with van der Waals surface area (Å²) in [5.41, 5.74) is -0.0158. The summed E-state index contributed by atoms with van der Waals surface area (Å²) >= 11 is 0. The molecule has 2 unspecified atom stereocenters. The summed E-state index contributed by atoms with van der Waals surface area (Å²) < 4.78 is 0. The molecule has 90 valence electrons. The second kappa shape index (κ2) is 4.84. The first kappa shape index (κ1) is 13.0. The lowest BCUT2D eigenvalue weighted by atomic mass is 9.88. The van der Waals surface area contributed by atoms with E-state index in [1.54, 1.807) is 0 Å². The maximum absolute atomic E-state index is 9.96. The largest absolute Gasteiger partial charge is 0.391 e. The summed E-state index contributed by atoms with van der Waals surface area (Å²) in [5.74, 6) is 1.53. The molecule has 1 rings (SSSR count). The molecule has 0 aromatic heterocycles. The third kappa shape index (κ3) is 4.12. The number of aliphatic hydroxyl groups is 1. The first-order valence-electron chi connectivity index (χ1n) is 6.24. The first-order valence-corrected chi connectivity index (χ1v) is 6.24. The van der Waals surface area contributed by atoms with Gasteiger partial charge in [-0.3, -0.25) is 0 Å². The van der Waals surface area contributed by atoms with Crippen LogP contribution >= 0.6 is 0 Å². The van der Waals surface area contributed by atoms with E-state index in [1.807, 2.05) is 0 Å². The Morgan fingerprint density at radius 1 is 1.27 bits per heavy atom. The molecule has 2 atom stereocenters. The number of nitrogens with one attached hydrogen (secondary N) is 1. The average molecular weight is 213 g/mol. The van der Waals surface area contributed by atoms with E-state index in [4.69, 9.17) is 0 Å². The van der Waals surface area contributed by atoms with Gasteiger partial charge in [0.1, 0.15) is 0 Å². The van der Waals surface area contributed by atoms with Gasteiger partial charge in [0.05, 0.1) is 6.10 Å². The lowest BCUT2D eigenvalue weighted by Crippen LogP contribution is -2.44. The Morgan fingerprint density at radius 3 is 2.13 bits per heavy atom. The molecule has 0 aromatic carbocycles. The maximum Gasteiger partial charge on any atom is 0.0712 e. The lowest BCUT2D eigenvalue weighted by molar-refractivity contribution is 0.0579. The van der Waals surface area contributed by atoms with Crippen molar-refractivity contribution < 1.29 is 5.11 Å². The standard InChI is InChI=1S/C13H27NO/c1-9(2)12(10-6-7-10)14-8-11(15)13(3,4)5/h9-12,14-15H,6-8H2,1-5H3. The van der Waals surface area contributed by atoms with Gasteiger partial charge in [0.2, 0.25) is 0 Å². The van der Waals surface area contributed by atoms with Gasteiger partial charge in [0.25, 0.3) is 0 Å². The molecular formula is C13H27NO. The number of hydrogen-bond donors (Lipinski definition) is 2. The minimum atomic E-state index is -0.252. The van der Waals surface area contributed by atoms with Crippen molar-refractivity contribution in [1.82, 2.24) is 5.32 Å². The minimum absolute atomic E-state index is 0.0158. The smallest absolute Gasteiger partial charge is 0.0712 e. The summed E-state index contributed by atoms with van der Waals surface area (Å²) in [6.07, 6.45) is 2.47. The summed E-state index contributed by atoms with van der Waals surface area (Å²) in [6, 6.07) is 0.599. The zero-order valence-electron chi connectivity index (χ0n) is 10.9. The highest BCUT2D eigenvalue weighted by molar-refractivity contribution is 4.89. The Balaban J connectivity index is 2.33. The molecule has 2 nitrogen and oxygen atoms in total. The highest BCUT2D eigenvalue weighted by Crippen LogP contribution is 2.35. The predicted molar refractivity (Wildman–Crippen MR) is 64.8 cm³/mol. The third-order valence-electron chi connectivity index (χ3n) is 3.39. The molecule has 0 saturated heterocycles. The van der Waals surface area contributed by atoms with Gasteiger partial charge in [-0.1, -0.05) is 34.6 Å². The normalized spacial score (nSPS) is 21.8. The SMILES string of the molecule is CC(C)C(NCC(O)C(C)(C)C)C1CC1. The molecule has 0 amide bonds. The summed E-state index contributed by atoms with van der Waals surface area (Å²) in [5, 5.41) is 13.5. The molecule has 0 aromatic rings. The van der Waals surface area contributed by atoms with Gasteiger partial charge >= 0.3 is 0 Å². The van der Waals surface area contributed by atoms with E-state index < -0.39 is 0 Å². The molecule has 1 saturated carbocycles. The van der Waals surface area contributed by atoms with Gasteiger partial charge < -0.3 is 10.4 Å². The van der Waals surface area contributed by atoms with Crippen LogP contribution in [0.2, 0.25) is 0 Å². The van der Waals surface area contributed by atoms with Crippen LogP contribution in [-0.2, 0) is 0 Å². The number of rotatable bonds is 5. The molecular weight excluding hydrogens is 186 g/mol. The highest BCUT2D eigenvalue weighted by atomic mass is 16.3. The van der Waals surface area contributed by atoms with Crippen molar-refractivity contribution >= 4 is 0 Å². The van der Waals surface area contributed by atoms with Crippen molar-refractivity contribution in [2.24, 2.45) is 17.3 Å². The van der Waals surface area contributed by atoms with E-state index >= 15 is 0 Å². The van der Waals surface area contributed by atoms with Crippen LogP contribution in [0.3, 0.4) is 0 Å².